The SMILES string of the molecule is Cc1cc2c(s1)C1(CCNCC1)OCC2. The Bertz CT molecular complexity index is 366. The first-order valence-corrected chi connectivity index (χ1v) is 6.56. The number of aryl methyl sites for hydroxylation is 1. The Balaban J connectivity index is 2.03. The first-order valence-electron chi connectivity index (χ1n) is 5.75. The largest absolute Gasteiger partial charge is 0.369 e. The second-order valence-corrected chi connectivity index (χ2v) is 5.81. The van der Waals surface area contributed by atoms with E-state index in [9.17, 15) is 0 Å². The second kappa shape index (κ2) is 3.58. The minimum atomic E-state index is 0.0672. The Morgan fingerprint density at radius 3 is 3.00 bits per heavy atom. The molecule has 1 spiro atoms. The first-order chi connectivity index (χ1) is 7.30. The van der Waals surface area contributed by atoms with Crippen LogP contribution in [-0.4, -0.2) is 19.7 Å². The van der Waals surface area contributed by atoms with Gasteiger partial charge in [0.05, 0.1) is 6.61 Å². The molecule has 15 heavy (non-hydrogen) atoms. The van der Waals surface area contributed by atoms with Gasteiger partial charge in [-0.05, 0) is 50.9 Å². The van der Waals surface area contributed by atoms with Crippen molar-refractivity contribution in [1.82, 2.24) is 5.32 Å². The van der Waals surface area contributed by atoms with Gasteiger partial charge in [-0.25, -0.2) is 0 Å². The third-order valence-corrected chi connectivity index (χ3v) is 4.79. The van der Waals surface area contributed by atoms with Crippen molar-refractivity contribution in [2.24, 2.45) is 0 Å². The Labute approximate surface area is 94.6 Å². The normalized spacial score (nSPS) is 24.1. The van der Waals surface area contributed by atoms with Crippen LogP contribution in [-0.2, 0) is 16.8 Å². The maximum Gasteiger partial charge on any atom is 0.105 e. The number of hydrogen-bond acceptors (Lipinski definition) is 3. The molecular formula is C12H17NOS. The molecule has 3 heteroatoms. The van der Waals surface area contributed by atoms with Gasteiger partial charge in [-0.3, -0.25) is 0 Å². The Kier molecular flexibility index (Phi) is 2.34. The molecule has 82 valence electrons. The molecule has 1 aromatic rings. The van der Waals surface area contributed by atoms with Gasteiger partial charge < -0.3 is 10.1 Å². The van der Waals surface area contributed by atoms with E-state index in [1.54, 1.807) is 5.56 Å². The monoisotopic (exact) mass is 223 g/mol. The number of ether oxygens (including phenoxy) is 1. The number of fused-ring (bicyclic) bond motifs is 2. The van der Waals surface area contributed by atoms with Gasteiger partial charge in [0.25, 0.3) is 0 Å². The molecule has 2 aliphatic rings. The molecule has 2 nitrogen and oxygen atoms in total. The summed E-state index contributed by atoms with van der Waals surface area (Å²) in [7, 11) is 0. The highest BCUT2D eigenvalue weighted by Crippen LogP contribution is 2.44. The quantitative estimate of drug-likeness (QED) is 0.728. The minimum absolute atomic E-state index is 0.0672. The summed E-state index contributed by atoms with van der Waals surface area (Å²) in [6.07, 6.45) is 3.38. The maximum absolute atomic E-state index is 6.12. The van der Waals surface area contributed by atoms with Crippen LogP contribution in [0.25, 0.3) is 0 Å². The van der Waals surface area contributed by atoms with Crippen LogP contribution in [0.5, 0.6) is 0 Å². The lowest BCUT2D eigenvalue weighted by molar-refractivity contribution is -0.0771. The summed E-state index contributed by atoms with van der Waals surface area (Å²) in [6, 6.07) is 2.35. The standard InChI is InChI=1S/C12H17NOS/c1-9-8-10-2-7-14-12(11(10)15-9)3-5-13-6-4-12/h8,13H,2-7H2,1H3. The van der Waals surface area contributed by atoms with Gasteiger partial charge >= 0.3 is 0 Å². The number of rotatable bonds is 0. The van der Waals surface area contributed by atoms with Crippen LogP contribution in [0.15, 0.2) is 6.07 Å². The van der Waals surface area contributed by atoms with E-state index in [1.807, 2.05) is 11.3 Å². The molecule has 0 radical (unpaired) electrons. The van der Waals surface area contributed by atoms with Crippen molar-refractivity contribution in [3.8, 4) is 0 Å². The summed E-state index contributed by atoms with van der Waals surface area (Å²) < 4.78 is 6.12. The molecule has 1 aromatic heterocycles. The van der Waals surface area contributed by atoms with Gasteiger partial charge in [0, 0.05) is 9.75 Å². The lowest BCUT2D eigenvalue weighted by Gasteiger charge is -2.40. The lowest BCUT2D eigenvalue weighted by atomic mass is 9.86. The van der Waals surface area contributed by atoms with E-state index in [1.165, 1.54) is 9.75 Å². The summed E-state index contributed by atoms with van der Waals surface area (Å²) in [4.78, 5) is 2.95. The third-order valence-electron chi connectivity index (χ3n) is 3.51. The van der Waals surface area contributed by atoms with E-state index in [4.69, 9.17) is 4.74 Å². The maximum atomic E-state index is 6.12. The molecule has 1 saturated heterocycles. The van der Waals surface area contributed by atoms with Crippen LogP contribution >= 0.6 is 11.3 Å². The zero-order valence-corrected chi connectivity index (χ0v) is 9.95. The van der Waals surface area contributed by atoms with Crippen molar-refractivity contribution in [1.29, 1.82) is 0 Å². The zero-order valence-electron chi connectivity index (χ0n) is 9.14. The molecule has 1 N–H and O–H groups in total. The molecule has 0 bridgehead atoms. The molecule has 0 atom stereocenters. The molecule has 0 aromatic carbocycles. The van der Waals surface area contributed by atoms with Crippen LogP contribution in [0, 0.1) is 6.92 Å². The smallest absolute Gasteiger partial charge is 0.105 e. The molecule has 2 aliphatic heterocycles. The van der Waals surface area contributed by atoms with Crippen molar-refractivity contribution in [2.75, 3.05) is 19.7 Å². The number of nitrogens with one attached hydrogen (secondary N) is 1. The van der Waals surface area contributed by atoms with Crippen molar-refractivity contribution in [3.63, 3.8) is 0 Å². The number of thiophene rings is 1. The molecule has 1 fully saturated rings. The van der Waals surface area contributed by atoms with Gasteiger partial charge in [0.1, 0.15) is 5.60 Å². The topological polar surface area (TPSA) is 21.3 Å². The highest BCUT2D eigenvalue weighted by atomic mass is 32.1. The van der Waals surface area contributed by atoms with Crippen LogP contribution in [0.1, 0.15) is 28.2 Å². The average Bonchev–Trinajstić information content (AvgIpc) is 2.62. The van der Waals surface area contributed by atoms with Crippen LogP contribution in [0.2, 0.25) is 0 Å². The molecule has 0 amide bonds. The lowest BCUT2D eigenvalue weighted by Crippen LogP contribution is -2.43. The summed E-state index contributed by atoms with van der Waals surface area (Å²) >= 11 is 1.94. The van der Waals surface area contributed by atoms with Gasteiger partial charge in [-0.15, -0.1) is 11.3 Å². The van der Waals surface area contributed by atoms with E-state index >= 15 is 0 Å². The first kappa shape index (κ1) is 9.82. The summed E-state index contributed by atoms with van der Waals surface area (Å²) in [5.41, 5.74) is 1.61. The predicted octanol–water partition coefficient (Wildman–Crippen LogP) is 2.21. The van der Waals surface area contributed by atoms with Crippen molar-refractivity contribution in [2.45, 2.75) is 31.8 Å². The van der Waals surface area contributed by atoms with Gasteiger partial charge in [0.2, 0.25) is 0 Å². The number of piperidine rings is 1. The van der Waals surface area contributed by atoms with Crippen LogP contribution in [0.3, 0.4) is 0 Å². The van der Waals surface area contributed by atoms with Crippen LogP contribution in [0.4, 0.5) is 0 Å². The molecule has 0 aliphatic carbocycles. The highest BCUT2D eigenvalue weighted by molar-refractivity contribution is 7.12. The van der Waals surface area contributed by atoms with E-state index < -0.39 is 0 Å². The Hall–Kier alpha value is -0.380. The fraction of sp³-hybridized carbons (Fsp3) is 0.667. The van der Waals surface area contributed by atoms with Crippen LogP contribution < -0.4 is 5.32 Å². The fourth-order valence-corrected chi connectivity index (χ4v) is 4.03. The molecule has 0 saturated carbocycles. The highest BCUT2D eigenvalue weighted by Gasteiger charge is 2.40. The molecule has 3 rings (SSSR count). The summed E-state index contributed by atoms with van der Waals surface area (Å²) in [5, 5.41) is 3.42. The third kappa shape index (κ3) is 1.53. The van der Waals surface area contributed by atoms with Gasteiger partial charge in [0.15, 0.2) is 0 Å². The Morgan fingerprint density at radius 2 is 2.20 bits per heavy atom. The van der Waals surface area contributed by atoms with E-state index in [0.717, 1.165) is 39.0 Å². The Morgan fingerprint density at radius 1 is 1.40 bits per heavy atom. The molecule has 0 unspecified atom stereocenters. The van der Waals surface area contributed by atoms with Crippen molar-refractivity contribution >= 4 is 11.3 Å². The van der Waals surface area contributed by atoms with Crippen molar-refractivity contribution in [3.05, 3.63) is 21.4 Å². The van der Waals surface area contributed by atoms with Gasteiger partial charge in [-0.1, -0.05) is 0 Å². The summed E-state index contributed by atoms with van der Waals surface area (Å²) in [5.74, 6) is 0. The minimum Gasteiger partial charge on any atom is -0.369 e. The van der Waals surface area contributed by atoms with Gasteiger partial charge in [-0.2, -0.15) is 0 Å². The predicted molar refractivity (Wildman–Crippen MR) is 62.5 cm³/mol. The fourth-order valence-electron chi connectivity index (χ4n) is 2.76. The van der Waals surface area contributed by atoms with E-state index in [-0.39, 0.29) is 5.60 Å². The average molecular weight is 223 g/mol. The summed E-state index contributed by atoms with van der Waals surface area (Å²) in [6.45, 7) is 5.30. The second-order valence-electron chi connectivity index (χ2n) is 4.55. The van der Waals surface area contributed by atoms with Crippen molar-refractivity contribution < 1.29 is 4.74 Å². The zero-order chi connectivity index (χ0) is 10.3. The van der Waals surface area contributed by atoms with E-state index in [2.05, 4.69) is 18.3 Å². The molecular weight excluding hydrogens is 206 g/mol. The number of hydrogen-bond donors (Lipinski definition) is 1. The molecule has 3 heterocycles. The van der Waals surface area contributed by atoms with E-state index in [0.29, 0.717) is 0 Å².